The molecule has 8 heteroatoms. The van der Waals surface area contributed by atoms with Crippen molar-refractivity contribution in [3.63, 3.8) is 0 Å². The summed E-state index contributed by atoms with van der Waals surface area (Å²) in [5.74, 6) is -0.485. The first-order chi connectivity index (χ1) is 14.0. The Labute approximate surface area is 166 Å². The predicted molar refractivity (Wildman–Crippen MR) is 106 cm³/mol. The third-order valence-electron chi connectivity index (χ3n) is 3.99. The summed E-state index contributed by atoms with van der Waals surface area (Å²) >= 11 is 0. The van der Waals surface area contributed by atoms with Crippen LogP contribution in [0.5, 0.6) is 11.5 Å². The fraction of sp³-hybridized carbons (Fsp3) is 0.0952. The van der Waals surface area contributed by atoms with Gasteiger partial charge in [-0.05, 0) is 42.5 Å². The zero-order chi connectivity index (χ0) is 20.8. The highest BCUT2D eigenvalue weighted by atomic mass is 19.1. The molecule has 0 fully saturated rings. The van der Waals surface area contributed by atoms with Gasteiger partial charge in [-0.2, -0.15) is 0 Å². The first-order valence-electron chi connectivity index (χ1n) is 8.56. The highest BCUT2D eigenvalue weighted by molar-refractivity contribution is 6.08. The molecule has 2 aromatic carbocycles. The van der Waals surface area contributed by atoms with Crippen molar-refractivity contribution in [2.45, 2.75) is 0 Å². The number of methoxy groups -OCH3 is 2. The summed E-state index contributed by atoms with van der Waals surface area (Å²) in [6.45, 7) is 0. The van der Waals surface area contributed by atoms with Crippen LogP contribution >= 0.6 is 0 Å². The van der Waals surface area contributed by atoms with E-state index in [-0.39, 0.29) is 11.3 Å². The number of hydrogen-bond donors (Lipinski definition) is 2. The van der Waals surface area contributed by atoms with E-state index in [4.69, 9.17) is 9.47 Å². The number of carbonyl (C=O) groups is 2. The number of benzene rings is 2. The molecule has 2 N–H and O–H groups in total. The molecule has 3 aromatic rings. The second-order valence-electron chi connectivity index (χ2n) is 5.91. The fourth-order valence-electron chi connectivity index (χ4n) is 2.55. The van der Waals surface area contributed by atoms with Crippen LogP contribution in [0.1, 0.15) is 20.8 Å². The predicted octanol–water partition coefficient (Wildman–Crippen LogP) is 3.74. The maximum atomic E-state index is 13.3. The van der Waals surface area contributed by atoms with Crippen molar-refractivity contribution in [1.29, 1.82) is 0 Å². The number of hydrogen-bond acceptors (Lipinski definition) is 5. The zero-order valence-electron chi connectivity index (χ0n) is 15.7. The van der Waals surface area contributed by atoms with Crippen LogP contribution in [0.4, 0.5) is 15.8 Å². The summed E-state index contributed by atoms with van der Waals surface area (Å²) < 4.78 is 23.7. The normalized spacial score (nSPS) is 10.2. The number of halogens is 1. The molecule has 0 radical (unpaired) electrons. The Balaban J connectivity index is 1.76. The lowest BCUT2D eigenvalue weighted by atomic mass is 10.2. The standard InChI is InChI=1S/C21H18FN3O4/c1-28-16-6-7-17(19(12-16)29-2)25-21(27)18-10-13(8-9-23-18)20(26)24-15-5-3-4-14(22)11-15/h3-12H,1-2H3,(H,24,26)(H,25,27). The maximum absolute atomic E-state index is 13.3. The highest BCUT2D eigenvalue weighted by Crippen LogP contribution is 2.29. The van der Waals surface area contributed by atoms with E-state index in [1.165, 1.54) is 50.7 Å². The number of aromatic nitrogens is 1. The van der Waals surface area contributed by atoms with Crippen molar-refractivity contribution in [2.24, 2.45) is 0 Å². The third kappa shape index (κ3) is 4.86. The molecule has 3 rings (SSSR count). The van der Waals surface area contributed by atoms with Gasteiger partial charge in [0.1, 0.15) is 23.0 Å². The van der Waals surface area contributed by atoms with E-state index in [0.717, 1.165) is 0 Å². The second kappa shape index (κ2) is 8.83. The van der Waals surface area contributed by atoms with Crippen LogP contribution in [0.2, 0.25) is 0 Å². The average molecular weight is 395 g/mol. The topological polar surface area (TPSA) is 89.5 Å². The largest absolute Gasteiger partial charge is 0.497 e. The Morgan fingerprint density at radius 2 is 1.76 bits per heavy atom. The van der Waals surface area contributed by atoms with Crippen LogP contribution in [0, 0.1) is 5.82 Å². The number of pyridine rings is 1. The molecule has 0 saturated carbocycles. The molecule has 148 valence electrons. The molecule has 0 saturated heterocycles. The molecule has 0 atom stereocenters. The zero-order valence-corrected chi connectivity index (χ0v) is 15.7. The van der Waals surface area contributed by atoms with Crippen molar-refractivity contribution < 1.29 is 23.5 Å². The van der Waals surface area contributed by atoms with E-state index in [1.807, 2.05) is 0 Å². The number of ether oxygens (including phenoxy) is 2. The van der Waals surface area contributed by atoms with Gasteiger partial charge in [0.05, 0.1) is 19.9 Å². The molecule has 0 spiro atoms. The van der Waals surface area contributed by atoms with Crippen LogP contribution in [-0.2, 0) is 0 Å². The average Bonchev–Trinajstić information content (AvgIpc) is 2.74. The van der Waals surface area contributed by atoms with Crippen LogP contribution in [0.15, 0.2) is 60.8 Å². The second-order valence-corrected chi connectivity index (χ2v) is 5.91. The number of amides is 2. The van der Waals surface area contributed by atoms with Crippen molar-refractivity contribution in [1.82, 2.24) is 4.98 Å². The Morgan fingerprint density at radius 1 is 0.931 bits per heavy atom. The van der Waals surface area contributed by atoms with Crippen LogP contribution in [-0.4, -0.2) is 31.0 Å². The molecule has 0 aliphatic heterocycles. The van der Waals surface area contributed by atoms with Gasteiger partial charge in [-0.3, -0.25) is 14.6 Å². The van der Waals surface area contributed by atoms with Crippen LogP contribution in [0.25, 0.3) is 0 Å². The van der Waals surface area contributed by atoms with Gasteiger partial charge >= 0.3 is 0 Å². The summed E-state index contributed by atoms with van der Waals surface area (Å²) in [5.41, 5.74) is 0.973. The monoisotopic (exact) mass is 395 g/mol. The molecular weight excluding hydrogens is 377 g/mol. The van der Waals surface area contributed by atoms with E-state index in [2.05, 4.69) is 15.6 Å². The van der Waals surface area contributed by atoms with Gasteiger partial charge in [-0.25, -0.2) is 4.39 Å². The summed E-state index contributed by atoms with van der Waals surface area (Å²) in [5, 5.41) is 5.26. The lowest BCUT2D eigenvalue weighted by Gasteiger charge is -2.12. The van der Waals surface area contributed by atoms with Gasteiger partial charge in [0, 0.05) is 23.5 Å². The van der Waals surface area contributed by atoms with Gasteiger partial charge in [0.15, 0.2) is 0 Å². The third-order valence-corrected chi connectivity index (χ3v) is 3.99. The lowest BCUT2D eigenvalue weighted by molar-refractivity contribution is 0.102. The number of rotatable bonds is 6. The molecular formula is C21H18FN3O4. The quantitative estimate of drug-likeness (QED) is 0.664. The molecule has 1 heterocycles. The molecule has 0 aliphatic carbocycles. The van der Waals surface area contributed by atoms with E-state index >= 15 is 0 Å². The minimum Gasteiger partial charge on any atom is -0.497 e. The lowest BCUT2D eigenvalue weighted by Crippen LogP contribution is -2.17. The summed E-state index contributed by atoms with van der Waals surface area (Å²) in [6.07, 6.45) is 1.35. The van der Waals surface area contributed by atoms with E-state index < -0.39 is 17.6 Å². The number of carbonyl (C=O) groups excluding carboxylic acids is 2. The SMILES string of the molecule is COc1ccc(NC(=O)c2cc(C(=O)Nc3cccc(F)c3)ccn2)c(OC)c1. The van der Waals surface area contributed by atoms with E-state index in [0.29, 0.717) is 22.9 Å². The van der Waals surface area contributed by atoms with Crippen molar-refractivity contribution in [3.8, 4) is 11.5 Å². The molecule has 0 aliphatic rings. The van der Waals surface area contributed by atoms with Gasteiger partial charge in [0.25, 0.3) is 11.8 Å². The summed E-state index contributed by atoms with van der Waals surface area (Å²) in [6, 6.07) is 13.3. The Kier molecular flexibility index (Phi) is 6.03. The minimum atomic E-state index is -0.520. The molecule has 7 nitrogen and oxygen atoms in total. The molecule has 2 amide bonds. The van der Waals surface area contributed by atoms with E-state index in [9.17, 15) is 14.0 Å². The van der Waals surface area contributed by atoms with Crippen molar-refractivity contribution >= 4 is 23.2 Å². The van der Waals surface area contributed by atoms with Gasteiger partial charge in [-0.1, -0.05) is 6.07 Å². The fourth-order valence-corrected chi connectivity index (χ4v) is 2.55. The number of anilines is 2. The van der Waals surface area contributed by atoms with Gasteiger partial charge in [-0.15, -0.1) is 0 Å². The first-order valence-corrected chi connectivity index (χ1v) is 8.56. The summed E-state index contributed by atoms with van der Waals surface area (Å²) in [4.78, 5) is 29.0. The number of nitrogens with one attached hydrogen (secondary N) is 2. The smallest absolute Gasteiger partial charge is 0.274 e. The van der Waals surface area contributed by atoms with Crippen molar-refractivity contribution in [3.05, 3.63) is 77.9 Å². The Morgan fingerprint density at radius 3 is 2.48 bits per heavy atom. The highest BCUT2D eigenvalue weighted by Gasteiger charge is 2.15. The minimum absolute atomic E-state index is 0.0368. The Bertz CT molecular complexity index is 1060. The maximum Gasteiger partial charge on any atom is 0.274 e. The van der Waals surface area contributed by atoms with Gasteiger partial charge in [0.2, 0.25) is 0 Å². The van der Waals surface area contributed by atoms with E-state index in [1.54, 1.807) is 24.3 Å². The molecule has 29 heavy (non-hydrogen) atoms. The van der Waals surface area contributed by atoms with Crippen molar-refractivity contribution in [2.75, 3.05) is 24.9 Å². The van der Waals surface area contributed by atoms with Crippen LogP contribution < -0.4 is 20.1 Å². The summed E-state index contributed by atoms with van der Waals surface area (Å²) in [7, 11) is 3.00. The molecule has 0 unspecified atom stereocenters. The first kappa shape index (κ1) is 19.8. The Hall–Kier alpha value is -3.94. The molecule has 0 bridgehead atoms. The molecule has 1 aromatic heterocycles. The van der Waals surface area contributed by atoms with Crippen LogP contribution in [0.3, 0.4) is 0 Å². The number of nitrogens with zero attached hydrogens (tertiary/aromatic N) is 1. The van der Waals surface area contributed by atoms with Gasteiger partial charge < -0.3 is 20.1 Å².